The highest BCUT2D eigenvalue weighted by atomic mass is 79.9. The van der Waals surface area contributed by atoms with Crippen LogP contribution in [0.3, 0.4) is 0 Å². The fraction of sp³-hybridized carbons (Fsp3) is 0.538. The number of nitrogen functional groups attached to an aromatic ring is 1. The van der Waals surface area contributed by atoms with Gasteiger partial charge in [-0.15, -0.1) is 0 Å². The molecular weight excluding hydrogens is 347 g/mol. The third kappa shape index (κ3) is 4.71. The van der Waals surface area contributed by atoms with Gasteiger partial charge in [-0.2, -0.15) is 0 Å². The second-order valence-electron chi connectivity index (χ2n) is 4.82. The number of halogens is 2. The van der Waals surface area contributed by atoms with Gasteiger partial charge in [0.05, 0.1) is 0 Å². The minimum absolute atomic E-state index is 0.186. The first kappa shape index (κ1) is 17.4. The van der Waals surface area contributed by atoms with E-state index in [-0.39, 0.29) is 11.7 Å². The van der Waals surface area contributed by atoms with Gasteiger partial charge >= 0.3 is 0 Å². The Morgan fingerprint density at radius 1 is 1.40 bits per heavy atom. The fourth-order valence-electron chi connectivity index (χ4n) is 1.84. The van der Waals surface area contributed by atoms with Gasteiger partial charge in [0.25, 0.3) is 0 Å². The molecule has 1 unspecified atom stereocenters. The van der Waals surface area contributed by atoms with Gasteiger partial charge in [-0.3, -0.25) is 0 Å². The second-order valence-corrected chi connectivity index (χ2v) is 7.36. The van der Waals surface area contributed by atoms with Crippen LogP contribution in [0.1, 0.15) is 39.5 Å². The third-order valence-electron chi connectivity index (χ3n) is 2.94. The van der Waals surface area contributed by atoms with Gasteiger partial charge in [0.15, 0.2) is 0 Å². The molecule has 20 heavy (non-hydrogen) atoms. The summed E-state index contributed by atoms with van der Waals surface area (Å²) in [5, 5.41) is 0. The van der Waals surface area contributed by atoms with E-state index in [2.05, 4.69) is 27.6 Å². The average Bonchev–Trinajstić information content (AvgIpc) is 2.33. The summed E-state index contributed by atoms with van der Waals surface area (Å²) in [4.78, 5) is -0.416. The Bertz CT molecular complexity index is 564. The van der Waals surface area contributed by atoms with Crippen molar-refractivity contribution in [3.63, 3.8) is 0 Å². The third-order valence-corrected chi connectivity index (χ3v) is 5.23. The number of unbranched alkanes of at least 4 members (excludes halogenated alkanes) is 2. The summed E-state index contributed by atoms with van der Waals surface area (Å²) in [6, 6.07) is 1.95. The lowest BCUT2D eigenvalue weighted by Crippen LogP contribution is -2.33. The highest BCUT2D eigenvalue weighted by molar-refractivity contribution is 9.10. The molecule has 0 fully saturated rings. The van der Waals surface area contributed by atoms with Gasteiger partial charge in [-0.1, -0.05) is 26.2 Å². The number of nitrogens with one attached hydrogen (secondary N) is 1. The van der Waals surface area contributed by atoms with Crippen LogP contribution in [0.5, 0.6) is 0 Å². The Labute approximate surface area is 128 Å². The van der Waals surface area contributed by atoms with Crippen molar-refractivity contribution in [2.24, 2.45) is 0 Å². The standard InChI is InChI=1S/C13H20BrFN2O2S/c1-3-4-5-6-9(2)17-20(18,19)13-8-12(16)10(14)7-11(13)15/h7-9,17H,3-6,16H2,1-2H3. The second kappa shape index (κ2) is 7.38. The Morgan fingerprint density at radius 3 is 2.65 bits per heavy atom. The van der Waals surface area contributed by atoms with Crippen LogP contribution < -0.4 is 10.5 Å². The minimum Gasteiger partial charge on any atom is -0.398 e. The van der Waals surface area contributed by atoms with Crippen molar-refractivity contribution in [3.05, 3.63) is 22.4 Å². The molecule has 4 nitrogen and oxygen atoms in total. The molecule has 7 heteroatoms. The molecule has 1 rings (SSSR count). The van der Waals surface area contributed by atoms with Crippen LogP contribution in [0.25, 0.3) is 0 Å². The molecule has 0 saturated carbocycles. The van der Waals surface area contributed by atoms with Gasteiger partial charge < -0.3 is 5.73 Å². The van der Waals surface area contributed by atoms with Crippen molar-refractivity contribution in [3.8, 4) is 0 Å². The van der Waals surface area contributed by atoms with Gasteiger partial charge in [0.2, 0.25) is 10.0 Å². The molecule has 1 aromatic carbocycles. The molecule has 0 aliphatic rings. The normalized spacial score (nSPS) is 13.4. The predicted octanol–water partition coefficient (Wildman–Crippen LogP) is 3.42. The SMILES string of the molecule is CCCCCC(C)NS(=O)(=O)c1cc(N)c(Br)cc1F. The van der Waals surface area contributed by atoms with E-state index in [1.165, 1.54) is 0 Å². The monoisotopic (exact) mass is 366 g/mol. The van der Waals surface area contributed by atoms with E-state index >= 15 is 0 Å². The Hall–Kier alpha value is -0.660. The quantitative estimate of drug-likeness (QED) is 0.573. The van der Waals surface area contributed by atoms with E-state index in [0.29, 0.717) is 4.47 Å². The van der Waals surface area contributed by atoms with Gasteiger partial charge in [0, 0.05) is 16.2 Å². The number of benzene rings is 1. The minimum atomic E-state index is -3.89. The van der Waals surface area contributed by atoms with Crippen LogP contribution >= 0.6 is 15.9 Å². The molecule has 0 radical (unpaired) electrons. The molecule has 0 spiro atoms. The summed E-state index contributed by atoms with van der Waals surface area (Å²) >= 11 is 3.06. The van der Waals surface area contributed by atoms with Gasteiger partial charge in [-0.05, 0) is 41.4 Å². The molecule has 0 bridgehead atoms. The molecule has 114 valence electrons. The lowest BCUT2D eigenvalue weighted by molar-refractivity contribution is 0.519. The fourth-order valence-corrected chi connectivity index (χ4v) is 3.53. The number of sulfonamides is 1. The van der Waals surface area contributed by atoms with Gasteiger partial charge in [0.1, 0.15) is 10.7 Å². The molecule has 0 aliphatic carbocycles. The smallest absolute Gasteiger partial charge is 0.243 e. The van der Waals surface area contributed by atoms with Crippen LogP contribution in [0.15, 0.2) is 21.5 Å². The van der Waals surface area contributed by atoms with Crippen molar-refractivity contribution in [2.75, 3.05) is 5.73 Å². The summed E-state index contributed by atoms with van der Waals surface area (Å²) in [6.07, 6.45) is 3.77. The van der Waals surface area contributed by atoms with E-state index in [1.54, 1.807) is 6.92 Å². The van der Waals surface area contributed by atoms with Crippen LogP contribution in [0.4, 0.5) is 10.1 Å². The lowest BCUT2D eigenvalue weighted by atomic mass is 10.1. The van der Waals surface area contributed by atoms with E-state index in [0.717, 1.165) is 37.8 Å². The Morgan fingerprint density at radius 2 is 2.05 bits per heavy atom. The summed E-state index contributed by atoms with van der Waals surface area (Å²) in [5.74, 6) is -0.820. The van der Waals surface area contributed by atoms with E-state index in [4.69, 9.17) is 5.73 Å². The molecule has 0 saturated heterocycles. The first-order valence-corrected chi connectivity index (χ1v) is 8.82. The molecular formula is C13H20BrFN2O2S. The number of hydrogen-bond acceptors (Lipinski definition) is 3. The molecule has 1 atom stereocenters. The lowest BCUT2D eigenvalue weighted by Gasteiger charge is -2.15. The van der Waals surface area contributed by atoms with Crippen molar-refractivity contribution in [1.29, 1.82) is 0 Å². The number of nitrogens with two attached hydrogens (primary N) is 1. The molecule has 3 N–H and O–H groups in total. The first-order valence-electron chi connectivity index (χ1n) is 6.54. The molecule has 0 amide bonds. The zero-order valence-electron chi connectivity index (χ0n) is 11.6. The molecule has 0 aromatic heterocycles. The largest absolute Gasteiger partial charge is 0.398 e. The highest BCUT2D eigenvalue weighted by Gasteiger charge is 2.22. The summed E-state index contributed by atoms with van der Waals surface area (Å²) in [7, 11) is -3.89. The topological polar surface area (TPSA) is 72.2 Å². The van der Waals surface area contributed by atoms with E-state index in [1.807, 2.05) is 0 Å². The van der Waals surface area contributed by atoms with Gasteiger partial charge in [-0.25, -0.2) is 17.5 Å². The van der Waals surface area contributed by atoms with Crippen molar-refractivity contribution < 1.29 is 12.8 Å². The zero-order chi connectivity index (χ0) is 15.3. The average molecular weight is 367 g/mol. The van der Waals surface area contributed by atoms with Crippen molar-refractivity contribution in [2.45, 2.75) is 50.5 Å². The van der Waals surface area contributed by atoms with Crippen LogP contribution in [0, 0.1) is 5.82 Å². The maximum absolute atomic E-state index is 13.8. The van der Waals surface area contributed by atoms with Crippen LogP contribution in [-0.2, 0) is 10.0 Å². The van der Waals surface area contributed by atoms with Crippen LogP contribution in [-0.4, -0.2) is 14.5 Å². The molecule has 1 aromatic rings. The van der Waals surface area contributed by atoms with E-state index in [9.17, 15) is 12.8 Å². The number of rotatable bonds is 7. The highest BCUT2D eigenvalue weighted by Crippen LogP contribution is 2.26. The maximum Gasteiger partial charge on any atom is 0.243 e. The summed E-state index contributed by atoms with van der Waals surface area (Å²) in [6.45, 7) is 3.85. The van der Waals surface area contributed by atoms with Crippen molar-refractivity contribution >= 4 is 31.6 Å². The maximum atomic E-state index is 13.8. The number of anilines is 1. The predicted molar refractivity (Wildman–Crippen MR) is 82.4 cm³/mol. The Balaban J connectivity index is 2.86. The molecule has 0 aliphatic heterocycles. The number of hydrogen-bond donors (Lipinski definition) is 2. The van der Waals surface area contributed by atoms with E-state index < -0.39 is 20.7 Å². The summed E-state index contributed by atoms with van der Waals surface area (Å²) in [5.41, 5.74) is 5.80. The van der Waals surface area contributed by atoms with Crippen LogP contribution in [0.2, 0.25) is 0 Å². The van der Waals surface area contributed by atoms with Crippen molar-refractivity contribution in [1.82, 2.24) is 4.72 Å². The molecule has 0 heterocycles. The summed E-state index contributed by atoms with van der Waals surface area (Å²) < 4.78 is 40.9. The zero-order valence-corrected chi connectivity index (χ0v) is 14.0. The Kier molecular flexibility index (Phi) is 6.42. The first-order chi connectivity index (χ1) is 9.27.